The van der Waals surface area contributed by atoms with E-state index in [0.717, 1.165) is 13.0 Å². The van der Waals surface area contributed by atoms with Gasteiger partial charge in [0.05, 0.1) is 19.1 Å². The number of nitrogens with one attached hydrogen (secondary N) is 1. The van der Waals surface area contributed by atoms with Crippen LogP contribution in [0.1, 0.15) is 19.8 Å². The molecule has 4 nitrogen and oxygen atoms in total. The summed E-state index contributed by atoms with van der Waals surface area (Å²) < 4.78 is 10.0. The Bertz CT molecular complexity index is 172. The summed E-state index contributed by atoms with van der Waals surface area (Å²) in [6.07, 6.45) is 1.60. The van der Waals surface area contributed by atoms with Gasteiger partial charge in [-0.2, -0.15) is 0 Å². The Morgan fingerprint density at radius 3 is 2.92 bits per heavy atom. The topological polar surface area (TPSA) is 47.6 Å². The van der Waals surface area contributed by atoms with Gasteiger partial charge in [-0.3, -0.25) is 4.79 Å². The van der Waals surface area contributed by atoms with Crippen molar-refractivity contribution in [3.8, 4) is 0 Å². The SMILES string of the molecule is CCOC(=O)C[C@H]1C[C@H](OC)CN1. The van der Waals surface area contributed by atoms with Gasteiger partial charge in [0.25, 0.3) is 0 Å². The van der Waals surface area contributed by atoms with Gasteiger partial charge in [-0.05, 0) is 13.3 Å². The number of ether oxygens (including phenoxy) is 2. The van der Waals surface area contributed by atoms with Crippen molar-refractivity contribution >= 4 is 5.97 Å². The zero-order chi connectivity index (χ0) is 9.68. The molecule has 0 spiro atoms. The quantitative estimate of drug-likeness (QED) is 0.644. The number of methoxy groups -OCH3 is 1. The molecule has 1 aliphatic heterocycles. The Morgan fingerprint density at radius 2 is 2.38 bits per heavy atom. The number of rotatable bonds is 4. The van der Waals surface area contributed by atoms with Crippen molar-refractivity contribution in [3.63, 3.8) is 0 Å². The van der Waals surface area contributed by atoms with Crippen LogP contribution < -0.4 is 5.32 Å². The molecule has 1 fully saturated rings. The Morgan fingerprint density at radius 1 is 1.62 bits per heavy atom. The van der Waals surface area contributed by atoms with Crippen LogP contribution in [0.5, 0.6) is 0 Å². The molecule has 0 aliphatic carbocycles. The summed E-state index contributed by atoms with van der Waals surface area (Å²) in [7, 11) is 1.69. The van der Waals surface area contributed by atoms with Crippen molar-refractivity contribution in [1.29, 1.82) is 0 Å². The predicted molar refractivity (Wildman–Crippen MR) is 48.5 cm³/mol. The fraction of sp³-hybridized carbons (Fsp3) is 0.889. The maximum absolute atomic E-state index is 11.1. The van der Waals surface area contributed by atoms with Crippen molar-refractivity contribution in [2.45, 2.75) is 31.9 Å². The molecule has 0 amide bonds. The molecule has 0 saturated carbocycles. The van der Waals surface area contributed by atoms with Crippen LogP contribution in [0.4, 0.5) is 0 Å². The predicted octanol–water partition coefficient (Wildman–Crippen LogP) is 0.317. The van der Waals surface area contributed by atoms with Gasteiger partial charge in [-0.25, -0.2) is 0 Å². The van der Waals surface area contributed by atoms with Crippen LogP contribution >= 0.6 is 0 Å². The van der Waals surface area contributed by atoms with Crippen LogP contribution in [-0.4, -0.2) is 38.4 Å². The van der Waals surface area contributed by atoms with E-state index in [4.69, 9.17) is 9.47 Å². The van der Waals surface area contributed by atoms with E-state index in [1.54, 1.807) is 7.11 Å². The van der Waals surface area contributed by atoms with Crippen LogP contribution in [0.2, 0.25) is 0 Å². The van der Waals surface area contributed by atoms with Gasteiger partial charge >= 0.3 is 5.97 Å². The molecule has 0 aromatic rings. The van der Waals surface area contributed by atoms with E-state index in [-0.39, 0.29) is 18.1 Å². The standard InChI is InChI=1S/C9H17NO3/c1-3-13-9(11)5-7-4-8(12-2)6-10-7/h7-8,10H,3-6H2,1-2H3/t7-,8+/m1/s1. The second-order valence-electron chi connectivity index (χ2n) is 3.21. The van der Waals surface area contributed by atoms with Crippen molar-refractivity contribution in [1.82, 2.24) is 5.32 Å². The van der Waals surface area contributed by atoms with Crippen LogP contribution in [0.25, 0.3) is 0 Å². The van der Waals surface area contributed by atoms with Gasteiger partial charge in [0.1, 0.15) is 0 Å². The summed E-state index contributed by atoms with van der Waals surface area (Å²) >= 11 is 0. The van der Waals surface area contributed by atoms with Crippen LogP contribution in [0.3, 0.4) is 0 Å². The maximum atomic E-state index is 11.1. The highest BCUT2D eigenvalue weighted by atomic mass is 16.5. The lowest BCUT2D eigenvalue weighted by Crippen LogP contribution is -2.25. The average Bonchev–Trinajstić information content (AvgIpc) is 2.52. The minimum Gasteiger partial charge on any atom is -0.466 e. The summed E-state index contributed by atoms with van der Waals surface area (Å²) in [5, 5.41) is 3.22. The van der Waals surface area contributed by atoms with E-state index >= 15 is 0 Å². The molecule has 1 saturated heterocycles. The van der Waals surface area contributed by atoms with E-state index < -0.39 is 0 Å². The molecular formula is C9H17NO3. The second-order valence-corrected chi connectivity index (χ2v) is 3.21. The summed E-state index contributed by atoms with van der Waals surface area (Å²) in [6.45, 7) is 3.11. The molecule has 13 heavy (non-hydrogen) atoms. The fourth-order valence-corrected chi connectivity index (χ4v) is 1.54. The van der Waals surface area contributed by atoms with E-state index in [1.807, 2.05) is 6.92 Å². The highest BCUT2D eigenvalue weighted by molar-refractivity contribution is 5.70. The van der Waals surface area contributed by atoms with E-state index in [2.05, 4.69) is 5.32 Å². The molecule has 0 aromatic heterocycles. The van der Waals surface area contributed by atoms with Crippen LogP contribution in [0.15, 0.2) is 0 Å². The zero-order valence-corrected chi connectivity index (χ0v) is 8.21. The summed E-state index contributed by atoms with van der Waals surface area (Å²) in [5.41, 5.74) is 0. The third-order valence-corrected chi connectivity index (χ3v) is 2.23. The van der Waals surface area contributed by atoms with Crippen molar-refractivity contribution in [3.05, 3.63) is 0 Å². The third kappa shape index (κ3) is 3.32. The Labute approximate surface area is 78.6 Å². The molecular weight excluding hydrogens is 170 g/mol. The van der Waals surface area contributed by atoms with Crippen LogP contribution in [-0.2, 0) is 14.3 Å². The molecule has 0 radical (unpaired) electrons. The lowest BCUT2D eigenvalue weighted by molar-refractivity contribution is -0.143. The third-order valence-electron chi connectivity index (χ3n) is 2.23. The first kappa shape index (κ1) is 10.5. The molecule has 4 heteroatoms. The first-order chi connectivity index (χ1) is 6.26. The number of carbonyl (C=O) groups is 1. The van der Waals surface area contributed by atoms with Gasteiger partial charge in [0, 0.05) is 19.7 Å². The minimum absolute atomic E-state index is 0.128. The molecule has 1 rings (SSSR count). The molecule has 76 valence electrons. The molecule has 1 N–H and O–H groups in total. The van der Waals surface area contributed by atoms with Gasteiger partial charge in [-0.1, -0.05) is 0 Å². The average molecular weight is 187 g/mol. The number of hydrogen-bond donors (Lipinski definition) is 1. The maximum Gasteiger partial charge on any atom is 0.307 e. The van der Waals surface area contributed by atoms with Gasteiger partial charge < -0.3 is 14.8 Å². The van der Waals surface area contributed by atoms with E-state index in [1.165, 1.54) is 0 Å². The highest BCUT2D eigenvalue weighted by Crippen LogP contribution is 2.12. The number of esters is 1. The lowest BCUT2D eigenvalue weighted by atomic mass is 10.1. The minimum atomic E-state index is -0.128. The van der Waals surface area contributed by atoms with Crippen molar-refractivity contribution in [2.24, 2.45) is 0 Å². The summed E-state index contributed by atoms with van der Waals surface area (Å²) in [5.74, 6) is -0.128. The van der Waals surface area contributed by atoms with Gasteiger partial charge in [-0.15, -0.1) is 0 Å². The Kier molecular flexibility index (Phi) is 4.18. The molecule has 2 atom stereocenters. The fourth-order valence-electron chi connectivity index (χ4n) is 1.54. The Balaban J connectivity index is 2.19. The first-order valence-electron chi connectivity index (χ1n) is 4.68. The van der Waals surface area contributed by atoms with Crippen molar-refractivity contribution in [2.75, 3.05) is 20.3 Å². The second kappa shape index (κ2) is 5.19. The Hall–Kier alpha value is -0.610. The van der Waals surface area contributed by atoms with Crippen LogP contribution in [0, 0.1) is 0 Å². The smallest absolute Gasteiger partial charge is 0.307 e. The monoisotopic (exact) mass is 187 g/mol. The van der Waals surface area contributed by atoms with E-state index in [0.29, 0.717) is 13.0 Å². The van der Waals surface area contributed by atoms with Gasteiger partial charge in [0.2, 0.25) is 0 Å². The van der Waals surface area contributed by atoms with Crippen molar-refractivity contribution < 1.29 is 14.3 Å². The summed E-state index contributed by atoms with van der Waals surface area (Å²) in [4.78, 5) is 11.1. The molecule has 0 aromatic carbocycles. The summed E-state index contributed by atoms with van der Waals surface area (Å²) in [6, 6.07) is 0.226. The zero-order valence-electron chi connectivity index (χ0n) is 8.21. The molecule has 0 bridgehead atoms. The number of carbonyl (C=O) groups excluding carboxylic acids is 1. The molecule has 0 unspecified atom stereocenters. The normalized spacial score (nSPS) is 27.5. The van der Waals surface area contributed by atoms with Gasteiger partial charge in [0.15, 0.2) is 0 Å². The first-order valence-corrected chi connectivity index (χ1v) is 4.68. The highest BCUT2D eigenvalue weighted by Gasteiger charge is 2.25. The largest absolute Gasteiger partial charge is 0.466 e. The molecule has 1 aliphatic rings. The lowest BCUT2D eigenvalue weighted by Gasteiger charge is -2.08. The number of hydrogen-bond acceptors (Lipinski definition) is 4. The molecule has 1 heterocycles. The van der Waals surface area contributed by atoms with E-state index in [9.17, 15) is 4.79 Å².